The third-order valence-corrected chi connectivity index (χ3v) is 6.09. The first-order chi connectivity index (χ1) is 17.9. The molecule has 0 bridgehead atoms. The number of hydrogen-bond donors (Lipinski definition) is 2. The molecule has 0 saturated carbocycles. The van der Waals surface area contributed by atoms with Gasteiger partial charge in [0.05, 0.1) is 0 Å². The minimum absolute atomic E-state index is 0.147. The molecule has 0 atom stereocenters. The fourth-order valence-corrected chi connectivity index (χ4v) is 3.90. The number of anilines is 2. The number of amides is 2. The Labute approximate surface area is 215 Å². The highest BCUT2D eigenvalue weighted by Gasteiger charge is 2.10. The molecule has 0 fully saturated rings. The van der Waals surface area contributed by atoms with E-state index in [1.165, 1.54) is 0 Å². The third-order valence-electron chi connectivity index (χ3n) is 6.09. The molecule has 1 aromatic heterocycles. The summed E-state index contributed by atoms with van der Waals surface area (Å²) in [4.78, 5) is 24.9. The van der Waals surface area contributed by atoms with Crippen LogP contribution in [-0.2, 0) is 0 Å². The van der Waals surface area contributed by atoms with E-state index in [1.807, 2.05) is 123 Å². The Bertz CT molecular complexity index is 1410. The molecule has 2 N–H and O–H groups in total. The minimum Gasteiger partial charge on any atom is -0.456 e. The summed E-state index contributed by atoms with van der Waals surface area (Å²) < 4.78 is 6.08. The van der Waals surface area contributed by atoms with Crippen LogP contribution >= 0.6 is 0 Å². The normalized spacial score (nSPS) is 10.6. The maximum absolute atomic E-state index is 12.5. The third kappa shape index (κ3) is 5.68. The number of hydrogen-bond acceptors (Lipinski definition) is 3. The molecular weight excluding hydrogens is 460 g/mol. The van der Waals surface area contributed by atoms with Gasteiger partial charge >= 0.3 is 0 Å². The van der Waals surface area contributed by atoms with Crippen LogP contribution in [0.15, 0.2) is 114 Å². The molecule has 182 valence electrons. The van der Waals surface area contributed by atoms with Crippen molar-refractivity contribution in [2.45, 2.75) is 13.8 Å². The van der Waals surface area contributed by atoms with Gasteiger partial charge in [0, 0.05) is 33.6 Å². The van der Waals surface area contributed by atoms with E-state index in [4.69, 9.17) is 4.42 Å². The smallest absolute Gasteiger partial charge is 0.255 e. The van der Waals surface area contributed by atoms with E-state index in [9.17, 15) is 9.59 Å². The van der Waals surface area contributed by atoms with E-state index in [0.29, 0.717) is 22.5 Å². The fraction of sp³-hybridized carbons (Fsp3) is 0.0625. The molecule has 37 heavy (non-hydrogen) atoms. The molecule has 0 saturated heterocycles. The van der Waals surface area contributed by atoms with Crippen molar-refractivity contribution < 1.29 is 14.0 Å². The number of aryl methyl sites for hydroxylation is 2. The average Bonchev–Trinajstić information content (AvgIpc) is 3.41. The number of furan rings is 1. The van der Waals surface area contributed by atoms with Crippen LogP contribution in [0.4, 0.5) is 11.4 Å². The van der Waals surface area contributed by atoms with Crippen LogP contribution < -0.4 is 10.6 Å². The van der Waals surface area contributed by atoms with Crippen LogP contribution in [-0.4, -0.2) is 11.8 Å². The van der Waals surface area contributed by atoms with Gasteiger partial charge in [-0.2, -0.15) is 0 Å². The van der Waals surface area contributed by atoms with Gasteiger partial charge in [-0.15, -0.1) is 0 Å². The van der Waals surface area contributed by atoms with Crippen molar-refractivity contribution in [3.05, 3.63) is 131 Å². The van der Waals surface area contributed by atoms with Crippen molar-refractivity contribution in [2.75, 3.05) is 10.6 Å². The zero-order valence-corrected chi connectivity index (χ0v) is 20.6. The monoisotopic (exact) mass is 486 g/mol. The van der Waals surface area contributed by atoms with Crippen LogP contribution in [0.2, 0.25) is 0 Å². The maximum atomic E-state index is 12.5. The minimum atomic E-state index is -0.147. The highest BCUT2D eigenvalue weighted by molar-refractivity contribution is 6.05. The summed E-state index contributed by atoms with van der Waals surface area (Å²) >= 11 is 0. The second-order valence-electron chi connectivity index (χ2n) is 8.96. The summed E-state index contributed by atoms with van der Waals surface area (Å²) in [6.07, 6.45) is 0. The van der Waals surface area contributed by atoms with Gasteiger partial charge in [-0.3, -0.25) is 9.59 Å². The molecule has 0 spiro atoms. The Kier molecular flexibility index (Phi) is 6.68. The van der Waals surface area contributed by atoms with E-state index in [-0.39, 0.29) is 11.8 Å². The zero-order chi connectivity index (χ0) is 25.8. The molecule has 5 heteroatoms. The Morgan fingerprint density at radius 3 is 1.19 bits per heavy atom. The Morgan fingerprint density at radius 2 is 0.838 bits per heavy atom. The molecule has 5 aromatic rings. The lowest BCUT2D eigenvalue weighted by molar-refractivity contribution is 0.101. The molecule has 0 aliphatic rings. The van der Waals surface area contributed by atoms with Crippen LogP contribution in [0.3, 0.4) is 0 Å². The van der Waals surface area contributed by atoms with E-state index in [0.717, 1.165) is 33.8 Å². The number of nitrogens with one attached hydrogen (secondary N) is 2. The highest BCUT2D eigenvalue weighted by atomic mass is 16.3. The standard InChI is InChI=1S/C32H26N2O3/c1-21-3-7-25(8-4-21)31(35)33-27-15-11-23(12-16-27)29-19-20-30(37-29)24-13-17-28(18-14-24)34-32(36)26-9-5-22(2)6-10-26/h3-20H,1-2H3,(H,33,35)(H,34,36). The second kappa shape index (κ2) is 10.4. The molecule has 5 rings (SSSR count). The summed E-state index contributed by atoms with van der Waals surface area (Å²) in [6.45, 7) is 3.98. The molecular formula is C32H26N2O3. The second-order valence-corrected chi connectivity index (χ2v) is 8.96. The van der Waals surface area contributed by atoms with E-state index >= 15 is 0 Å². The van der Waals surface area contributed by atoms with E-state index in [2.05, 4.69) is 10.6 Å². The number of carbonyl (C=O) groups excluding carboxylic acids is 2. The summed E-state index contributed by atoms with van der Waals surface area (Å²) in [5, 5.41) is 5.84. The van der Waals surface area contributed by atoms with Crippen molar-refractivity contribution >= 4 is 23.2 Å². The first-order valence-electron chi connectivity index (χ1n) is 12.0. The average molecular weight is 487 g/mol. The van der Waals surface area contributed by atoms with Crippen LogP contribution in [0.5, 0.6) is 0 Å². The summed E-state index contributed by atoms with van der Waals surface area (Å²) in [6, 6.07) is 33.8. The molecule has 0 aliphatic carbocycles. The molecule has 1 heterocycles. The Balaban J connectivity index is 1.23. The van der Waals surface area contributed by atoms with Gasteiger partial charge < -0.3 is 15.1 Å². The topological polar surface area (TPSA) is 71.3 Å². The first-order valence-corrected chi connectivity index (χ1v) is 12.0. The van der Waals surface area contributed by atoms with Gasteiger partial charge in [-0.05, 0) is 98.8 Å². The van der Waals surface area contributed by atoms with Crippen molar-refractivity contribution in [3.8, 4) is 22.6 Å². The number of carbonyl (C=O) groups is 2. The lowest BCUT2D eigenvalue weighted by Gasteiger charge is -2.07. The van der Waals surface area contributed by atoms with Gasteiger partial charge in [0.25, 0.3) is 11.8 Å². The van der Waals surface area contributed by atoms with Gasteiger partial charge in [-0.1, -0.05) is 35.4 Å². The van der Waals surface area contributed by atoms with Crippen molar-refractivity contribution in [3.63, 3.8) is 0 Å². The van der Waals surface area contributed by atoms with Crippen LogP contribution in [0.25, 0.3) is 22.6 Å². The predicted octanol–water partition coefficient (Wildman–Crippen LogP) is 7.74. The molecule has 0 aliphatic heterocycles. The number of rotatable bonds is 6. The van der Waals surface area contributed by atoms with Gasteiger partial charge in [0.15, 0.2) is 0 Å². The first kappa shape index (κ1) is 23.8. The van der Waals surface area contributed by atoms with Gasteiger partial charge in [-0.25, -0.2) is 0 Å². The van der Waals surface area contributed by atoms with Crippen molar-refractivity contribution in [1.29, 1.82) is 0 Å². The molecule has 5 nitrogen and oxygen atoms in total. The Morgan fingerprint density at radius 1 is 0.486 bits per heavy atom. The predicted molar refractivity (Wildman–Crippen MR) is 148 cm³/mol. The summed E-state index contributed by atoms with van der Waals surface area (Å²) in [7, 11) is 0. The summed E-state index contributed by atoms with van der Waals surface area (Å²) in [5.41, 5.74) is 6.69. The van der Waals surface area contributed by atoms with Crippen LogP contribution in [0, 0.1) is 13.8 Å². The number of benzene rings is 4. The van der Waals surface area contributed by atoms with Crippen molar-refractivity contribution in [1.82, 2.24) is 0 Å². The summed E-state index contributed by atoms with van der Waals surface area (Å²) in [5.74, 6) is 1.16. The van der Waals surface area contributed by atoms with E-state index < -0.39 is 0 Å². The van der Waals surface area contributed by atoms with Crippen molar-refractivity contribution in [2.24, 2.45) is 0 Å². The largest absolute Gasteiger partial charge is 0.456 e. The highest BCUT2D eigenvalue weighted by Crippen LogP contribution is 2.30. The molecule has 0 unspecified atom stereocenters. The zero-order valence-electron chi connectivity index (χ0n) is 20.6. The van der Waals surface area contributed by atoms with Gasteiger partial charge in [0.2, 0.25) is 0 Å². The Hall–Kier alpha value is -4.90. The lowest BCUT2D eigenvalue weighted by atomic mass is 10.1. The quantitative estimate of drug-likeness (QED) is 0.258. The molecule has 2 amide bonds. The molecule has 4 aromatic carbocycles. The SMILES string of the molecule is Cc1ccc(C(=O)Nc2ccc(-c3ccc(-c4ccc(NC(=O)c5ccc(C)cc5)cc4)o3)cc2)cc1. The fourth-order valence-electron chi connectivity index (χ4n) is 3.90. The lowest BCUT2D eigenvalue weighted by Crippen LogP contribution is -2.11. The van der Waals surface area contributed by atoms with Crippen LogP contribution in [0.1, 0.15) is 31.8 Å². The van der Waals surface area contributed by atoms with E-state index in [1.54, 1.807) is 0 Å². The molecule has 0 radical (unpaired) electrons. The van der Waals surface area contributed by atoms with Gasteiger partial charge in [0.1, 0.15) is 11.5 Å². The maximum Gasteiger partial charge on any atom is 0.255 e.